The Morgan fingerprint density at radius 2 is 1.75 bits per heavy atom. The first-order chi connectivity index (χ1) is 22.9. The van der Waals surface area contributed by atoms with Crippen LogP contribution in [0.5, 0.6) is 5.75 Å². The van der Waals surface area contributed by atoms with E-state index in [2.05, 4.69) is 10.6 Å². The molecule has 0 aromatic heterocycles. The topological polar surface area (TPSA) is 138 Å². The van der Waals surface area contributed by atoms with Crippen LogP contribution in [0.15, 0.2) is 47.4 Å². The molecule has 48 heavy (non-hydrogen) atoms. The van der Waals surface area contributed by atoms with Crippen LogP contribution in [0, 0.1) is 11.7 Å². The van der Waals surface area contributed by atoms with E-state index in [0.29, 0.717) is 30.9 Å². The van der Waals surface area contributed by atoms with Crippen molar-refractivity contribution >= 4 is 27.6 Å². The standard InChI is InChI=1S/C35H51FN4O7S/c1-24-21-40(25(2)23-41)34(42)31-20-29(38-35(43)37-28-11-6-5-7-12-28)15-18-32(31)47-26(3)10-8-9-19-46-33(24)22-39(4)48(44,45)30-16-13-27(36)14-17-30/h13-18,20,24-26,28,33,41H,5-12,19,21-23H2,1-4H3,(H2,37,38,43)/t24-,25+,26+,33-/m0/s1. The van der Waals surface area contributed by atoms with Gasteiger partial charge < -0.3 is 30.1 Å². The van der Waals surface area contributed by atoms with Crippen LogP contribution < -0.4 is 15.4 Å². The van der Waals surface area contributed by atoms with E-state index in [9.17, 15) is 27.5 Å². The van der Waals surface area contributed by atoms with Gasteiger partial charge in [-0.2, -0.15) is 4.31 Å². The Morgan fingerprint density at radius 1 is 1.06 bits per heavy atom. The minimum atomic E-state index is -3.95. The number of aliphatic hydroxyl groups is 1. The highest BCUT2D eigenvalue weighted by molar-refractivity contribution is 7.89. The van der Waals surface area contributed by atoms with Crippen LogP contribution in [0.1, 0.15) is 82.5 Å². The van der Waals surface area contributed by atoms with E-state index in [1.807, 2.05) is 13.8 Å². The molecule has 1 aliphatic carbocycles. The lowest BCUT2D eigenvalue weighted by Gasteiger charge is -2.35. The van der Waals surface area contributed by atoms with Gasteiger partial charge >= 0.3 is 6.03 Å². The van der Waals surface area contributed by atoms with E-state index in [0.717, 1.165) is 44.2 Å². The molecule has 2 aromatic rings. The summed E-state index contributed by atoms with van der Waals surface area (Å²) in [5.41, 5.74) is 0.682. The number of carbonyl (C=O) groups is 2. The Kier molecular flexibility index (Phi) is 13.6. The Labute approximate surface area is 284 Å². The minimum Gasteiger partial charge on any atom is -0.490 e. The highest BCUT2D eigenvalue weighted by atomic mass is 32.2. The maximum atomic E-state index is 14.3. The van der Waals surface area contributed by atoms with Gasteiger partial charge in [-0.15, -0.1) is 0 Å². The highest BCUT2D eigenvalue weighted by Gasteiger charge is 2.32. The van der Waals surface area contributed by atoms with Crippen LogP contribution in [0.2, 0.25) is 0 Å². The zero-order valence-electron chi connectivity index (χ0n) is 28.5. The molecule has 4 atom stereocenters. The number of urea groups is 1. The number of halogens is 1. The van der Waals surface area contributed by atoms with Crippen molar-refractivity contribution in [1.29, 1.82) is 0 Å². The number of ether oxygens (including phenoxy) is 2. The molecular weight excluding hydrogens is 639 g/mol. The van der Waals surface area contributed by atoms with Crippen LogP contribution in [-0.4, -0.2) is 92.3 Å². The molecule has 0 unspecified atom stereocenters. The number of hydrogen-bond donors (Lipinski definition) is 3. The second-order valence-corrected chi connectivity index (χ2v) is 15.2. The Bertz CT molecular complexity index is 1470. The first kappa shape index (κ1) is 37.6. The number of amides is 3. The summed E-state index contributed by atoms with van der Waals surface area (Å²) in [6.45, 7) is 5.76. The number of hydrogen-bond acceptors (Lipinski definition) is 7. The van der Waals surface area contributed by atoms with Crippen LogP contribution in [0.3, 0.4) is 0 Å². The molecule has 4 rings (SSSR count). The number of aliphatic hydroxyl groups excluding tert-OH is 1. The van der Waals surface area contributed by atoms with E-state index in [-0.39, 0.29) is 54.3 Å². The van der Waals surface area contributed by atoms with E-state index in [1.54, 1.807) is 30.0 Å². The molecule has 13 heteroatoms. The molecule has 2 aliphatic rings. The zero-order valence-corrected chi connectivity index (χ0v) is 29.3. The smallest absolute Gasteiger partial charge is 0.319 e. The number of sulfonamides is 1. The molecule has 2 aromatic carbocycles. The van der Waals surface area contributed by atoms with Crippen LogP contribution in [0.25, 0.3) is 0 Å². The van der Waals surface area contributed by atoms with Crippen molar-refractivity contribution in [2.45, 2.75) is 101 Å². The quantitative estimate of drug-likeness (QED) is 0.338. The van der Waals surface area contributed by atoms with Crippen molar-refractivity contribution in [3.05, 3.63) is 53.8 Å². The normalized spacial score (nSPS) is 22.7. The number of benzene rings is 2. The number of carbonyl (C=O) groups excluding carboxylic acids is 2. The lowest BCUT2D eigenvalue weighted by atomic mass is 9.96. The Balaban J connectivity index is 1.60. The Morgan fingerprint density at radius 3 is 2.44 bits per heavy atom. The molecule has 0 bridgehead atoms. The predicted octanol–water partition coefficient (Wildman–Crippen LogP) is 5.40. The molecule has 3 N–H and O–H groups in total. The third-order valence-corrected chi connectivity index (χ3v) is 11.0. The average Bonchev–Trinajstić information content (AvgIpc) is 3.06. The molecule has 1 aliphatic heterocycles. The summed E-state index contributed by atoms with van der Waals surface area (Å²) < 4.78 is 53.9. The summed E-state index contributed by atoms with van der Waals surface area (Å²) in [6.07, 6.45) is 6.57. The van der Waals surface area contributed by atoms with Crippen molar-refractivity contribution in [2.24, 2.45) is 5.92 Å². The van der Waals surface area contributed by atoms with Gasteiger partial charge in [-0.3, -0.25) is 4.79 Å². The first-order valence-corrected chi connectivity index (χ1v) is 18.5. The zero-order chi connectivity index (χ0) is 34.8. The van der Waals surface area contributed by atoms with E-state index < -0.39 is 33.9 Å². The highest BCUT2D eigenvalue weighted by Crippen LogP contribution is 2.29. The fourth-order valence-corrected chi connectivity index (χ4v) is 7.38. The maximum absolute atomic E-state index is 14.3. The van der Waals surface area contributed by atoms with Crippen molar-refractivity contribution < 1.29 is 37.0 Å². The second kappa shape index (κ2) is 17.4. The van der Waals surface area contributed by atoms with Gasteiger partial charge in [0.15, 0.2) is 0 Å². The lowest BCUT2D eigenvalue weighted by molar-refractivity contribution is -0.00834. The summed E-state index contributed by atoms with van der Waals surface area (Å²) in [7, 11) is -2.49. The third kappa shape index (κ3) is 10.1. The summed E-state index contributed by atoms with van der Waals surface area (Å²) in [4.78, 5) is 28.7. The van der Waals surface area contributed by atoms with E-state index in [4.69, 9.17) is 9.47 Å². The number of anilines is 1. The summed E-state index contributed by atoms with van der Waals surface area (Å²) in [5, 5.41) is 16.1. The van der Waals surface area contributed by atoms with Gasteiger partial charge in [-0.05, 0) is 88.4 Å². The number of nitrogens with one attached hydrogen (secondary N) is 2. The van der Waals surface area contributed by atoms with Crippen LogP contribution in [0.4, 0.5) is 14.9 Å². The van der Waals surface area contributed by atoms with Gasteiger partial charge in [0.1, 0.15) is 11.6 Å². The van der Waals surface area contributed by atoms with Gasteiger partial charge in [0.2, 0.25) is 10.0 Å². The number of fused-ring (bicyclic) bond motifs is 1. The fourth-order valence-electron chi connectivity index (χ4n) is 6.20. The number of rotatable bonds is 8. The molecular formula is C35H51FN4O7S. The molecule has 0 spiro atoms. The van der Waals surface area contributed by atoms with Crippen molar-refractivity contribution in [3.8, 4) is 5.75 Å². The third-order valence-electron chi connectivity index (χ3n) is 9.21. The summed E-state index contributed by atoms with van der Waals surface area (Å²) in [5.74, 6) is -0.912. The number of nitrogens with zero attached hydrogens (tertiary/aromatic N) is 2. The summed E-state index contributed by atoms with van der Waals surface area (Å²) >= 11 is 0. The minimum absolute atomic E-state index is 0.00329. The second-order valence-electron chi connectivity index (χ2n) is 13.2. The summed E-state index contributed by atoms with van der Waals surface area (Å²) in [6, 6.07) is 8.87. The monoisotopic (exact) mass is 690 g/mol. The van der Waals surface area contributed by atoms with Crippen LogP contribution >= 0.6 is 0 Å². The van der Waals surface area contributed by atoms with Gasteiger partial charge in [0.05, 0.1) is 35.3 Å². The molecule has 0 saturated heterocycles. The maximum Gasteiger partial charge on any atom is 0.319 e. The van der Waals surface area contributed by atoms with Gasteiger partial charge in [0.25, 0.3) is 5.91 Å². The van der Waals surface area contributed by atoms with Crippen molar-refractivity contribution in [3.63, 3.8) is 0 Å². The van der Waals surface area contributed by atoms with Gasteiger partial charge in [0, 0.05) is 44.4 Å². The van der Waals surface area contributed by atoms with Gasteiger partial charge in [-0.1, -0.05) is 26.2 Å². The molecule has 3 amide bonds. The van der Waals surface area contributed by atoms with Gasteiger partial charge in [-0.25, -0.2) is 17.6 Å². The molecule has 266 valence electrons. The number of likely N-dealkylation sites (N-methyl/N-ethyl adjacent to an activating group) is 1. The molecule has 11 nitrogen and oxygen atoms in total. The molecule has 1 saturated carbocycles. The lowest BCUT2D eigenvalue weighted by Crippen LogP contribution is -2.48. The predicted molar refractivity (Wildman–Crippen MR) is 182 cm³/mol. The Hall–Kier alpha value is -3.26. The van der Waals surface area contributed by atoms with Crippen molar-refractivity contribution in [2.75, 3.05) is 38.7 Å². The SMILES string of the molecule is C[C@@H]1CCCCO[C@@H](CN(C)S(=O)(=O)c2ccc(F)cc2)[C@@H](C)CN([C@H](C)CO)C(=O)c2cc(NC(=O)NC3CCCCC3)ccc2O1. The fraction of sp³-hybridized carbons (Fsp3) is 0.600. The van der Waals surface area contributed by atoms with E-state index in [1.165, 1.54) is 29.9 Å². The largest absolute Gasteiger partial charge is 0.490 e. The van der Waals surface area contributed by atoms with Crippen LogP contribution in [-0.2, 0) is 14.8 Å². The first-order valence-electron chi connectivity index (χ1n) is 17.0. The van der Waals surface area contributed by atoms with Crippen molar-refractivity contribution in [1.82, 2.24) is 14.5 Å². The molecule has 1 heterocycles. The molecule has 1 fully saturated rings. The van der Waals surface area contributed by atoms with E-state index >= 15 is 0 Å². The average molecular weight is 691 g/mol. The molecule has 0 radical (unpaired) electrons.